The average Bonchev–Trinajstić information content (AvgIpc) is 2.89. The molecule has 2 amide bonds. The van der Waals surface area contributed by atoms with E-state index in [9.17, 15) is 14.7 Å². The number of carbonyl (C=O) groups is 2. The molecule has 1 unspecified atom stereocenters. The maximum Gasteiger partial charge on any atom is 0.231 e. The highest BCUT2D eigenvalue weighted by atomic mass is 16.7. The molecule has 21 heavy (non-hydrogen) atoms. The quantitative estimate of drug-likeness (QED) is 0.848. The lowest BCUT2D eigenvalue weighted by Crippen LogP contribution is -2.44. The largest absolute Gasteiger partial charge is 0.454 e. The lowest BCUT2D eigenvalue weighted by Gasteiger charge is -2.30. The maximum absolute atomic E-state index is 11.9. The number of β-amino-alcohol motifs (C(OH)–C–C–N with tert-alkyl or cyclic N) is 1. The summed E-state index contributed by atoms with van der Waals surface area (Å²) in [5, 5.41) is 10.3. The van der Waals surface area contributed by atoms with E-state index in [2.05, 4.69) is 0 Å². The van der Waals surface area contributed by atoms with Crippen LogP contribution in [-0.4, -0.2) is 35.2 Å². The number of ether oxygens (including phenoxy) is 2. The number of amides is 2. The number of hydrogen-bond acceptors (Lipinski definition) is 5. The van der Waals surface area contributed by atoms with Gasteiger partial charge < -0.3 is 14.6 Å². The van der Waals surface area contributed by atoms with Crippen molar-refractivity contribution in [3.8, 4) is 11.5 Å². The minimum Gasteiger partial charge on any atom is -0.454 e. The predicted octanol–water partition coefficient (Wildman–Crippen LogP) is 1.23. The van der Waals surface area contributed by atoms with Crippen molar-refractivity contribution in [3.63, 3.8) is 0 Å². The SMILES string of the molecule is CC1CC(=O)N(CC(O)c2ccc3c(c2)OCO3)C(=O)C1. The van der Waals surface area contributed by atoms with Crippen LogP contribution in [0.3, 0.4) is 0 Å². The topological polar surface area (TPSA) is 76.1 Å². The van der Waals surface area contributed by atoms with Crippen LogP contribution < -0.4 is 9.47 Å². The van der Waals surface area contributed by atoms with Crippen molar-refractivity contribution >= 4 is 11.8 Å². The van der Waals surface area contributed by atoms with Gasteiger partial charge in [-0.2, -0.15) is 0 Å². The van der Waals surface area contributed by atoms with Crippen molar-refractivity contribution in [2.75, 3.05) is 13.3 Å². The molecule has 2 heterocycles. The van der Waals surface area contributed by atoms with Crippen LogP contribution >= 0.6 is 0 Å². The van der Waals surface area contributed by atoms with Gasteiger partial charge in [0.1, 0.15) is 0 Å². The Bertz CT molecular complexity index is 567. The van der Waals surface area contributed by atoms with E-state index in [0.29, 0.717) is 29.9 Å². The molecule has 0 spiro atoms. The van der Waals surface area contributed by atoms with Crippen molar-refractivity contribution < 1.29 is 24.2 Å². The molecular weight excluding hydrogens is 274 g/mol. The number of benzene rings is 1. The zero-order valence-electron chi connectivity index (χ0n) is 11.7. The standard InChI is InChI=1S/C15H17NO5/c1-9-4-14(18)16(15(19)5-9)7-11(17)10-2-3-12-13(6-10)21-8-20-12/h2-3,6,9,11,17H,4-5,7-8H2,1H3. The average molecular weight is 291 g/mol. The zero-order chi connectivity index (χ0) is 15.0. The van der Waals surface area contributed by atoms with Gasteiger partial charge in [-0.15, -0.1) is 0 Å². The van der Waals surface area contributed by atoms with Crippen molar-refractivity contribution in [2.45, 2.75) is 25.9 Å². The van der Waals surface area contributed by atoms with Gasteiger partial charge in [-0.05, 0) is 23.6 Å². The highest BCUT2D eigenvalue weighted by molar-refractivity contribution is 5.97. The lowest BCUT2D eigenvalue weighted by molar-refractivity contribution is -0.151. The molecule has 0 aliphatic carbocycles. The van der Waals surface area contributed by atoms with Gasteiger partial charge in [0.15, 0.2) is 11.5 Å². The molecule has 0 bridgehead atoms. The van der Waals surface area contributed by atoms with Crippen LogP contribution in [0, 0.1) is 5.92 Å². The highest BCUT2D eigenvalue weighted by Gasteiger charge is 2.32. The minimum atomic E-state index is -0.930. The first-order valence-electron chi connectivity index (χ1n) is 6.95. The third kappa shape index (κ3) is 2.71. The molecule has 1 N–H and O–H groups in total. The second-order valence-corrected chi connectivity index (χ2v) is 5.54. The number of aliphatic hydroxyl groups is 1. The highest BCUT2D eigenvalue weighted by Crippen LogP contribution is 2.34. The smallest absolute Gasteiger partial charge is 0.231 e. The van der Waals surface area contributed by atoms with Crippen LogP contribution in [0.4, 0.5) is 0 Å². The third-order valence-corrected chi connectivity index (χ3v) is 3.79. The minimum absolute atomic E-state index is 0.0238. The molecule has 1 fully saturated rings. The first-order valence-corrected chi connectivity index (χ1v) is 6.95. The van der Waals surface area contributed by atoms with E-state index in [1.54, 1.807) is 18.2 Å². The van der Waals surface area contributed by atoms with E-state index in [0.717, 1.165) is 4.90 Å². The number of fused-ring (bicyclic) bond motifs is 1. The van der Waals surface area contributed by atoms with Crippen molar-refractivity contribution in [1.82, 2.24) is 4.90 Å². The molecule has 1 saturated heterocycles. The van der Waals surface area contributed by atoms with Gasteiger partial charge in [0, 0.05) is 12.8 Å². The summed E-state index contributed by atoms with van der Waals surface area (Å²) < 4.78 is 10.5. The Morgan fingerprint density at radius 2 is 1.90 bits per heavy atom. The summed E-state index contributed by atoms with van der Waals surface area (Å²) in [5.74, 6) is 0.822. The molecular formula is C15H17NO5. The van der Waals surface area contributed by atoms with Gasteiger partial charge in [0.2, 0.25) is 18.6 Å². The van der Waals surface area contributed by atoms with Crippen LogP contribution in [0.1, 0.15) is 31.4 Å². The number of carbonyl (C=O) groups excluding carboxylic acids is 2. The second kappa shape index (κ2) is 5.37. The summed E-state index contributed by atoms with van der Waals surface area (Å²) in [5.41, 5.74) is 0.596. The molecule has 6 heteroatoms. The number of rotatable bonds is 3. The fraction of sp³-hybridized carbons (Fsp3) is 0.467. The van der Waals surface area contributed by atoms with Gasteiger partial charge >= 0.3 is 0 Å². The Morgan fingerprint density at radius 3 is 2.62 bits per heavy atom. The first kappa shape index (κ1) is 13.9. The Morgan fingerprint density at radius 1 is 1.24 bits per heavy atom. The molecule has 1 aromatic carbocycles. The normalized spacial score (nSPS) is 20.0. The Kier molecular flexibility index (Phi) is 3.55. The van der Waals surface area contributed by atoms with E-state index in [1.165, 1.54) is 0 Å². The van der Waals surface area contributed by atoms with Gasteiger partial charge in [0.25, 0.3) is 0 Å². The molecule has 0 radical (unpaired) electrons. The Hall–Kier alpha value is -2.08. The lowest BCUT2D eigenvalue weighted by atomic mass is 9.97. The molecule has 1 atom stereocenters. The van der Waals surface area contributed by atoms with E-state index < -0.39 is 6.10 Å². The van der Waals surface area contributed by atoms with Gasteiger partial charge in [-0.1, -0.05) is 13.0 Å². The number of aliphatic hydroxyl groups excluding tert-OH is 1. The number of nitrogens with zero attached hydrogens (tertiary/aromatic N) is 1. The molecule has 0 aromatic heterocycles. The van der Waals surface area contributed by atoms with Gasteiger partial charge in [-0.25, -0.2) is 0 Å². The molecule has 2 aliphatic rings. The fourth-order valence-electron chi connectivity index (χ4n) is 2.63. The summed E-state index contributed by atoms with van der Waals surface area (Å²) in [7, 11) is 0. The molecule has 2 aliphatic heterocycles. The van der Waals surface area contributed by atoms with Crippen molar-refractivity contribution in [1.29, 1.82) is 0 Å². The van der Waals surface area contributed by atoms with Crippen LogP contribution in [0.5, 0.6) is 11.5 Å². The molecule has 112 valence electrons. The number of hydrogen-bond donors (Lipinski definition) is 1. The predicted molar refractivity (Wildman–Crippen MR) is 72.6 cm³/mol. The second-order valence-electron chi connectivity index (χ2n) is 5.54. The molecule has 0 saturated carbocycles. The van der Waals surface area contributed by atoms with Gasteiger partial charge in [-0.3, -0.25) is 14.5 Å². The third-order valence-electron chi connectivity index (χ3n) is 3.79. The summed E-state index contributed by atoms with van der Waals surface area (Å²) in [6, 6.07) is 5.09. The summed E-state index contributed by atoms with van der Waals surface area (Å²) in [4.78, 5) is 25.0. The zero-order valence-corrected chi connectivity index (χ0v) is 11.7. The fourth-order valence-corrected chi connectivity index (χ4v) is 2.63. The molecule has 6 nitrogen and oxygen atoms in total. The number of likely N-dealkylation sites (tertiary alicyclic amines) is 1. The Balaban J connectivity index is 1.72. The molecule has 3 rings (SSSR count). The first-order chi connectivity index (χ1) is 10.0. The monoisotopic (exact) mass is 291 g/mol. The summed E-state index contributed by atoms with van der Waals surface area (Å²) in [6.45, 7) is 2.02. The maximum atomic E-state index is 11.9. The van der Waals surface area contributed by atoms with E-state index in [4.69, 9.17) is 9.47 Å². The van der Waals surface area contributed by atoms with Crippen LogP contribution in [0.15, 0.2) is 18.2 Å². The van der Waals surface area contributed by atoms with Gasteiger partial charge in [0.05, 0.1) is 12.6 Å². The van der Waals surface area contributed by atoms with Crippen molar-refractivity contribution in [3.05, 3.63) is 23.8 Å². The van der Waals surface area contributed by atoms with E-state index in [1.807, 2.05) is 6.92 Å². The molecule has 1 aromatic rings. The number of imide groups is 1. The van der Waals surface area contributed by atoms with E-state index >= 15 is 0 Å². The Labute approximate surface area is 122 Å². The van der Waals surface area contributed by atoms with Crippen LogP contribution in [-0.2, 0) is 9.59 Å². The van der Waals surface area contributed by atoms with E-state index in [-0.39, 0.29) is 31.1 Å². The number of piperidine rings is 1. The van der Waals surface area contributed by atoms with Crippen molar-refractivity contribution in [2.24, 2.45) is 5.92 Å². The van der Waals surface area contributed by atoms with Crippen LogP contribution in [0.25, 0.3) is 0 Å². The summed E-state index contributed by atoms with van der Waals surface area (Å²) in [6.07, 6.45) is -0.236. The van der Waals surface area contributed by atoms with Crippen LogP contribution in [0.2, 0.25) is 0 Å². The summed E-state index contributed by atoms with van der Waals surface area (Å²) >= 11 is 0.